The summed E-state index contributed by atoms with van der Waals surface area (Å²) >= 11 is 5.78. The van der Waals surface area contributed by atoms with Gasteiger partial charge in [0, 0.05) is 13.1 Å². The van der Waals surface area contributed by atoms with Gasteiger partial charge in [-0.3, -0.25) is 0 Å². The van der Waals surface area contributed by atoms with Gasteiger partial charge in [-0.25, -0.2) is 0 Å². The van der Waals surface area contributed by atoms with Gasteiger partial charge in [-0.1, -0.05) is 19.4 Å². The molecule has 1 aliphatic rings. The second kappa shape index (κ2) is 10.7. The van der Waals surface area contributed by atoms with Crippen molar-refractivity contribution in [2.24, 2.45) is 0 Å². The fraction of sp³-hybridized carbons (Fsp3) is 0.480. The molecule has 0 aromatic heterocycles. The molecule has 2 aromatic rings. The summed E-state index contributed by atoms with van der Waals surface area (Å²) in [4.78, 5) is 2.25. The van der Waals surface area contributed by atoms with Crippen LogP contribution < -0.4 is 19.5 Å². The molecule has 0 fully saturated rings. The lowest BCUT2D eigenvalue weighted by Gasteiger charge is -2.39. The van der Waals surface area contributed by atoms with Gasteiger partial charge in [-0.2, -0.15) is 0 Å². The van der Waals surface area contributed by atoms with Gasteiger partial charge in [0.1, 0.15) is 12.4 Å². The lowest BCUT2D eigenvalue weighted by Crippen LogP contribution is -2.47. The minimum Gasteiger partial charge on any atom is -0.493 e. The fourth-order valence-corrected chi connectivity index (χ4v) is 4.44. The van der Waals surface area contributed by atoms with Crippen LogP contribution in [0.4, 0.5) is 0 Å². The van der Waals surface area contributed by atoms with Crippen molar-refractivity contribution in [3.05, 3.63) is 52.6 Å². The quantitative estimate of drug-likeness (QED) is 0.460. The molecule has 1 heterocycles. The zero-order chi connectivity index (χ0) is 22.4. The van der Waals surface area contributed by atoms with Crippen LogP contribution in [0.15, 0.2) is 30.3 Å². The highest BCUT2D eigenvalue weighted by Gasteiger charge is 2.31. The van der Waals surface area contributed by atoms with E-state index < -0.39 is 0 Å². The standard InChI is InChI=1S/C25H34N2O3S/c1-6-7-9-26-25(31)27-10-8-19-14-23(28-4)24(29-5)15-21(19)22(27)16-30-20-12-17(2)11-18(3)13-20/h11-15,22H,6-10,16H2,1-5H3,(H,26,31)/t22-/m1/s1. The molecule has 1 atom stereocenters. The number of hydrogen-bond acceptors (Lipinski definition) is 4. The van der Waals surface area contributed by atoms with Crippen LogP contribution in [0.3, 0.4) is 0 Å². The van der Waals surface area contributed by atoms with Crippen LogP contribution in [0.25, 0.3) is 0 Å². The van der Waals surface area contributed by atoms with Gasteiger partial charge in [0.2, 0.25) is 0 Å². The molecule has 2 aromatic carbocycles. The molecule has 3 rings (SSSR count). The monoisotopic (exact) mass is 442 g/mol. The molecule has 0 saturated carbocycles. The molecule has 31 heavy (non-hydrogen) atoms. The van der Waals surface area contributed by atoms with E-state index in [9.17, 15) is 0 Å². The molecule has 0 radical (unpaired) electrons. The van der Waals surface area contributed by atoms with Gasteiger partial charge in [0.05, 0.1) is 20.3 Å². The lowest BCUT2D eigenvalue weighted by atomic mass is 9.92. The first-order valence-corrected chi connectivity index (χ1v) is 11.4. The maximum Gasteiger partial charge on any atom is 0.169 e. The number of benzene rings is 2. The number of unbranched alkanes of at least 4 members (excludes halogenated alkanes) is 1. The number of methoxy groups -OCH3 is 2. The summed E-state index contributed by atoms with van der Waals surface area (Å²) < 4.78 is 17.4. The Hall–Kier alpha value is -2.47. The number of nitrogens with zero attached hydrogens (tertiary/aromatic N) is 1. The highest BCUT2D eigenvalue weighted by molar-refractivity contribution is 7.80. The van der Waals surface area contributed by atoms with E-state index in [0.717, 1.165) is 54.7 Å². The Morgan fingerprint density at radius 1 is 1.06 bits per heavy atom. The average molecular weight is 443 g/mol. The van der Waals surface area contributed by atoms with E-state index in [2.05, 4.69) is 61.3 Å². The van der Waals surface area contributed by atoms with Gasteiger partial charge in [-0.05, 0) is 85.4 Å². The molecule has 168 valence electrons. The Morgan fingerprint density at radius 2 is 1.74 bits per heavy atom. The number of hydrogen-bond donors (Lipinski definition) is 1. The van der Waals surface area contributed by atoms with E-state index >= 15 is 0 Å². The Morgan fingerprint density at radius 3 is 2.39 bits per heavy atom. The lowest BCUT2D eigenvalue weighted by molar-refractivity contribution is 0.187. The van der Waals surface area contributed by atoms with Crippen LogP contribution in [0.1, 0.15) is 48.1 Å². The zero-order valence-corrected chi connectivity index (χ0v) is 20.1. The number of rotatable bonds is 8. The van der Waals surface area contributed by atoms with Crippen molar-refractivity contribution in [1.82, 2.24) is 10.2 Å². The van der Waals surface area contributed by atoms with Gasteiger partial charge >= 0.3 is 0 Å². The van der Waals surface area contributed by atoms with Crippen molar-refractivity contribution in [3.8, 4) is 17.2 Å². The van der Waals surface area contributed by atoms with Crippen molar-refractivity contribution >= 4 is 17.3 Å². The third-order valence-electron chi connectivity index (χ3n) is 5.67. The number of fused-ring (bicyclic) bond motifs is 1. The summed E-state index contributed by atoms with van der Waals surface area (Å²) in [6.45, 7) is 8.58. The molecule has 6 heteroatoms. The summed E-state index contributed by atoms with van der Waals surface area (Å²) in [6, 6.07) is 10.5. The fourth-order valence-electron chi connectivity index (χ4n) is 4.12. The molecule has 0 spiro atoms. The van der Waals surface area contributed by atoms with Crippen molar-refractivity contribution in [2.45, 2.75) is 46.1 Å². The zero-order valence-electron chi connectivity index (χ0n) is 19.3. The van der Waals surface area contributed by atoms with Crippen LogP contribution >= 0.6 is 12.2 Å². The van der Waals surface area contributed by atoms with Crippen LogP contribution in [-0.2, 0) is 6.42 Å². The second-order valence-corrected chi connectivity index (χ2v) is 8.47. The van der Waals surface area contributed by atoms with Crippen LogP contribution in [0.5, 0.6) is 17.2 Å². The SMILES string of the molecule is CCCCNC(=S)N1CCc2cc(OC)c(OC)cc2[C@H]1COc1cc(C)cc(C)c1. The Bertz CT molecular complexity index is 896. The van der Waals surface area contributed by atoms with Crippen LogP contribution in [0, 0.1) is 13.8 Å². The van der Waals surface area contributed by atoms with E-state index in [4.69, 9.17) is 26.4 Å². The van der Waals surface area contributed by atoms with Crippen LogP contribution in [0.2, 0.25) is 0 Å². The van der Waals surface area contributed by atoms with Crippen molar-refractivity contribution in [2.75, 3.05) is 33.9 Å². The number of aryl methyl sites for hydroxylation is 2. The molecule has 0 bridgehead atoms. The highest BCUT2D eigenvalue weighted by Crippen LogP contribution is 2.38. The minimum atomic E-state index is -0.00833. The van der Waals surface area contributed by atoms with E-state index in [0.29, 0.717) is 6.61 Å². The van der Waals surface area contributed by atoms with Gasteiger partial charge in [0.15, 0.2) is 16.6 Å². The summed E-state index contributed by atoms with van der Waals surface area (Å²) in [5.74, 6) is 2.37. The molecule has 0 aliphatic carbocycles. The predicted octanol–water partition coefficient (Wildman–Crippen LogP) is 4.97. The number of ether oxygens (including phenoxy) is 3. The van der Waals surface area contributed by atoms with Crippen molar-refractivity contribution in [1.29, 1.82) is 0 Å². The normalized spacial score (nSPS) is 15.3. The summed E-state index contributed by atoms with van der Waals surface area (Å²) in [5, 5.41) is 4.21. The number of nitrogens with one attached hydrogen (secondary N) is 1. The van der Waals surface area contributed by atoms with Gasteiger partial charge in [-0.15, -0.1) is 0 Å². The van der Waals surface area contributed by atoms with Crippen LogP contribution in [-0.4, -0.2) is 43.9 Å². The predicted molar refractivity (Wildman–Crippen MR) is 130 cm³/mol. The van der Waals surface area contributed by atoms with Gasteiger partial charge < -0.3 is 24.4 Å². The minimum absolute atomic E-state index is 0.00833. The maximum atomic E-state index is 6.30. The third kappa shape index (κ3) is 5.62. The Balaban J connectivity index is 1.90. The molecular formula is C25H34N2O3S. The van der Waals surface area contributed by atoms with Crippen molar-refractivity contribution in [3.63, 3.8) is 0 Å². The summed E-state index contributed by atoms with van der Waals surface area (Å²) in [6.07, 6.45) is 3.12. The first kappa shape index (κ1) is 23.2. The largest absolute Gasteiger partial charge is 0.493 e. The molecule has 0 saturated heterocycles. The van der Waals surface area contributed by atoms with E-state index in [1.54, 1.807) is 14.2 Å². The molecule has 1 N–H and O–H groups in total. The Labute approximate surface area is 191 Å². The molecule has 5 nitrogen and oxygen atoms in total. The second-order valence-electron chi connectivity index (χ2n) is 8.09. The average Bonchev–Trinajstić information content (AvgIpc) is 2.75. The van der Waals surface area contributed by atoms with Crippen molar-refractivity contribution < 1.29 is 14.2 Å². The van der Waals surface area contributed by atoms with E-state index in [1.165, 1.54) is 22.3 Å². The highest BCUT2D eigenvalue weighted by atomic mass is 32.1. The molecule has 0 amide bonds. The smallest absolute Gasteiger partial charge is 0.169 e. The Kier molecular flexibility index (Phi) is 8.02. The van der Waals surface area contributed by atoms with E-state index in [1.807, 2.05) is 0 Å². The molecule has 0 unspecified atom stereocenters. The summed E-state index contributed by atoms with van der Waals surface area (Å²) in [7, 11) is 3.34. The molecule has 1 aliphatic heterocycles. The topological polar surface area (TPSA) is 43.0 Å². The number of thiocarbonyl (C=S) groups is 1. The summed E-state index contributed by atoms with van der Waals surface area (Å²) in [5.41, 5.74) is 4.81. The molecular weight excluding hydrogens is 408 g/mol. The van der Waals surface area contributed by atoms with E-state index in [-0.39, 0.29) is 6.04 Å². The van der Waals surface area contributed by atoms with Gasteiger partial charge in [0.25, 0.3) is 0 Å². The third-order valence-corrected chi connectivity index (χ3v) is 6.05. The first-order valence-electron chi connectivity index (χ1n) is 11.0. The first-order chi connectivity index (χ1) is 15.0. The maximum absolute atomic E-state index is 6.30.